The SMILES string of the molecule is Cc1ccc(C(C)C)c(N2C(=NC(=O)NCCC(C)c3ccc(-c4ncn(-c5ccc(OC(F)(F)F)cc5)n4)cc3)SCCC2C)c1. The lowest BCUT2D eigenvalue weighted by atomic mass is 9.96. The van der Waals surface area contributed by atoms with E-state index < -0.39 is 6.36 Å². The summed E-state index contributed by atoms with van der Waals surface area (Å²) < 4.78 is 42.7. The van der Waals surface area contributed by atoms with Crippen LogP contribution in [0.15, 0.2) is 78.0 Å². The van der Waals surface area contributed by atoms with Crippen molar-refractivity contribution in [3.8, 4) is 22.8 Å². The molecule has 0 spiro atoms. The van der Waals surface area contributed by atoms with Gasteiger partial charge in [0.2, 0.25) is 0 Å². The molecule has 1 fully saturated rings. The number of aryl methyl sites for hydroxylation is 1. The number of ether oxygens (including phenoxy) is 1. The molecule has 1 aliphatic rings. The molecule has 2 amide bonds. The number of thioether (sulfide) groups is 1. The van der Waals surface area contributed by atoms with E-state index in [9.17, 15) is 18.0 Å². The molecule has 1 saturated heterocycles. The minimum absolute atomic E-state index is 0.182. The second-order valence-corrected chi connectivity index (χ2v) is 13.1. The number of urea groups is 1. The Hall–Kier alpha value is -4.32. The number of nitrogens with one attached hydrogen (secondary N) is 1. The van der Waals surface area contributed by atoms with E-state index in [1.54, 1.807) is 11.8 Å². The Labute approximate surface area is 277 Å². The molecule has 2 heterocycles. The van der Waals surface area contributed by atoms with Crippen LogP contribution in [0.5, 0.6) is 5.75 Å². The van der Waals surface area contributed by atoms with Crippen LogP contribution in [0.3, 0.4) is 0 Å². The summed E-state index contributed by atoms with van der Waals surface area (Å²) in [5.41, 5.74) is 6.01. The van der Waals surface area contributed by atoms with Crippen LogP contribution in [0.1, 0.15) is 69.1 Å². The lowest BCUT2D eigenvalue weighted by Gasteiger charge is -2.37. The quantitative estimate of drug-likeness (QED) is 0.193. The lowest BCUT2D eigenvalue weighted by Crippen LogP contribution is -2.42. The van der Waals surface area contributed by atoms with Gasteiger partial charge in [-0.1, -0.05) is 68.9 Å². The second-order valence-electron chi connectivity index (χ2n) is 12.1. The van der Waals surface area contributed by atoms with Crippen molar-refractivity contribution in [1.29, 1.82) is 0 Å². The molecule has 0 bridgehead atoms. The summed E-state index contributed by atoms with van der Waals surface area (Å²) >= 11 is 1.62. The molecule has 1 aromatic heterocycles. The van der Waals surface area contributed by atoms with E-state index in [4.69, 9.17) is 0 Å². The fourth-order valence-corrected chi connectivity index (χ4v) is 6.66. The van der Waals surface area contributed by atoms with Crippen LogP contribution in [-0.4, -0.2) is 50.7 Å². The number of amidine groups is 1. The average Bonchev–Trinajstić information content (AvgIpc) is 3.51. The Bertz CT molecular complexity index is 1700. The van der Waals surface area contributed by atoms with Crippen molar-refractivity contribution in [3.05, 3.63) is 89.7 Å². The molecule has 248 valence electrons. The molecule has 2 atom stereocenters. The Balaban J connectivity index is 1.17. The summed E-state index contributed by atoms with van der Waals surface area (Å²) in [6.07, 6.45) is -1.49. The first-order valence-electron chi connectivity index (χ1n) is 15.6. The molecule has 8 nitrogen and oxygen atoms in total. The molecule has 12 heteroatoms. The number of alkyl halides is 3. The van der Waals surface area contributed by atoms with E-state index in [1.807, 2.05) is 24.3 Å². The minimum Gasteiger partial charge on any atom is -0.406 e. The zero-order chi connectivity index (χ0) is 33.7. The van der Waals surface area contributed by atoms with Crippen LogP contribution in [0.25, 0.3) is 17.1 Å². The first kappa shape index (κ1) is 34.0. The van der Waals surface area contributed by atoms with Crippen LogP contribution < -0.4 is 15.0 Å². The number of hydrogen-bond acceptors (Lipinski definition) is 5. The Morgan fingerprint density at radius 3 is 2.49 bits per heavy atom. The molecular formula is C35H39F3N6O2S. The first-order valence-corrected chi connectivity index (χ1v) is 16.6. The lowest BCUT2D eigenvalue weighted by molar-refractivity contribution is -0.274. The van der Waals surface area contributed by atoms with Crippen molar-refractivity contribution in [3.63, 3.8) is 0 Å². The van der Waals surface area contributed by atoms with Crippen molar-refractivity contribution in [2.75, 3.05) is 17.2 Å². The van der Waals surface area contributed by atoms with E-state index in [0.29, 0.717) is 24.0 Å². The smallest absolute Gasteiger partial charge is 0.406 e. The molecule has 0 saturated carbocycles. The van der Waals surface area contributed by atoms with Gasteiger partial charge in [-0.3, -0.25) is 0 Å². The highest BCUT2D eigenvalue weighted by molar-refractivity contribution is 8.14. The molecule has 4 aromatic rings. The molecule has 1 aliphatic heterocycles. The van der Waals surface area contributed by atoms with Crippen molar-refractivity contribution in [2.45, 2.75) is 71.7 Å². The average molecular weight is 665 g/mol. The van der Waals surface area contributed by atoms with Crippen molar-refractivity contribution >= 4 is 28.6 Å². The van der Waals surface area contributed by atoms with Gasteiger partial charge in [0.05, 0.1) is 5.69 Å². The number of aliphatic imine (C=N–C) groups is 1. The standard InChI is InChI=1S/C35H39F3N6O2S/c1-22(2)30-15-6-23(3)20-31(30)44-25(5)17-19-47-34(44)41-33(45)39-18-16-24(4)26-7-9-27(10-8-26)32-40-21-43(42-32)28-11-13-29(14-12-28)46-35(36,37)38/h6-15,20-22,24-25H,16-19H2,1-5H3,(H,39,45). The number of rotatable bonds is 9. The molecule has 3 aromatic carbocycles. The summed E-state index contributed by atoms with van der Waals surface area (Å²) in [4.78, 5) is 24.1. The van der Waals surface area contributed by atoms with Gasteiger partial charge in [-0.25, -0.2) is 14.5 Å². The highest BCUT2D eigenvalue weighted by Gasteiger charge is 2.31. The third-order valence-electron chi connectivity index (χ3n) is 8.10. The molecule has 2 unspecified atom stereocenters. The van der Waals surface area contributed by atoms with Gasteiger partial charge >= 0.3 is 12.4 Å². The summed E-state index contributed by atoms with van der Waals surface area (Å²) in [6.45, 7) is 11.2. The van der Waals surface area contributed by atoms with Gasteiger partial charge in [0.25, 0.3) is 0 Å². The molecule has 0 radical (unpaired) electrons. The normalized spacial score (nSPS) is 16.8. The van der Waals surface area contributed by atoms with Gasteiger partial charge in [0.1, 0.15) is 12.1 Å². The van der Waals surface area contributed by atoms with E-state index in [2.05, 4.69) is 82.8 Å². The maximum atomic E-state index is 13.0. The van der Waals surface area contributed by atoms with Crippen molar-refractivity contribution < 1.29 is 22.7 Å². The maximum absolute atomic E-state index is 13.0. The van der Waals surface area contributed by atoms with E-state index >= 15 is 0 Å². The van der Waals surface area contributed by atoms with Crippen molar-refractivity contribution in [1.82, 2.24) is 20.1 Å². The van der Waals surface area contributed by atoms with Gasteiger partial charge < -0.3 is 15.0 Å². The second kappa shape index (κ2) is 14.6. The fourth-order valence-electron chi connectivity index (χ4n) is 5.45. The van der Waals surface area contributed by atoms with Gasteiger partial charge in [-0.2, -0.15) is 4.99 Å². The van der Waals surface area contributed by atoms with Gasteiger partial charge in [0.15, 0.2) is 11.0 Å². The number of nitrogens with zero attached hydrogens (tertiary/aromatic N) is 5. The summed E-state index contributed by atoms with van der Waals surface area (Å²) in [7, 11) is 0. The van der Waals surface area contributed by atoms with Gasteiger partial charge in [-0.05, 0) is 85.5 Å². The minimum atomic E-state index is -4.75. The number of halogens is 3. The van der Waals surface area contributed by atoms with E-state index in [1.165, 1.54) is 46.4 Å². The van der Waals surface area contributed by atoms with Crippen molar-refractivity contribution in [2.24, 2.45) is 4.99 Å². The predicted molar refractivity (Wildman–Crippen MR) is 182 cm³/mol. The van der Waals surface area contributed by atoms with Crippen LogP contribution >= 0.6 is 11.8 Å². The largest absolute Gasteiger partial charge is 0.573 e. The number of carbonyl (C=O) groups is 1. The fraction of sp³-hybridized carbons (Fsp3) is 0.371. The van der Waals surface area contributed by atoms with Gasteiger partial charge in [0, 0.05) is 29.6 Å². The maximum Gasteiger partial charge on any atom is 0.573 e. The molecular weight excluding hydrogens is 625 g/mol. The third kappa shape index (κ3) is 8.73. The highest BCUT2D eigenvalue weighted by atomic mass is 32.2. The third-order valence-corrected chi connectivity index (χ3v) is 9.08. The molecule has 47 heavy (non-hydrogen) atoms. The molecule has 1 N–H and O–H groups in total. The van der Waals surface area contributed by atoms with E-state index in [-0.39, 0.29) is 23.7 Å². The predicted octanol–water partition coefficient (Wildman–Crippen LogP) is 8.86. The highest BCUT2D eigenvalue weighted by Crippen LogP contribution is 2.35. The number of anilines is 1. The first-order chi connectivity index (χ1) is 22.4. The van der Waals surface area contributed by atoms with Gasteiger partial charge in [-0.15, -0.1) is 18.3 Å². The number of benzene rings is 3. The van der Waals surface area contributed by atoms with Crippen LogP contribution in [0, 0.1) is 6.92 Å². The van der Waals surface area contributed by atoms with E-state index in [0.717, 1.165) is 40.6 Å². The Morgan fingerprint density at radius 2 is 1.81 bits per heavy atom. The zero-order valence-electron chi connectivity index (χ0n) is 27.1. The zero-order valence-corrected chi connectivity index (χ0v) is 27.9. The number of hydrogen-bond donors (Lipinski definition) is 1. The molecule has 5 rings (SSSR count). The van der Waals surface area contributed by atoms with Crippen LogP contribution in [0.2, 0.25) is 0 Å². The molecule has 0 aliphatic carbocycles. The Kier molecular flexibility index (Phi) is 10.6. The summed E-state index contributed by atoms with van der Waals surface area (Å²) in [6, 6.07) is 19.7. The summed E-state index contributed by atoms with van der Waals surface area (Å²) in [5.74, 6) is 1.63. The van der Waals surface area contributed by atoms with Crippen LogP contribution in [0.4, 0.5) is 23.7 Å². The number of amides is 2. The number of aromatic nitrogens is 3. The Morgan fingerprint density at radius 1 is 1.09 bits per heavy atom. The number of carbonyl (C=O) groups excluding carboxylic acids is 1. The summed E-state index contributed by atoms with van der Waals surface area (Å²) in [5, 5.41) is 8.19. The topological polar surface area (TPSA) is 84.6 Å². The van der Waals surface area contributed by atoms with Crippen LogP contribution in [-0.2, 0) is 0 Å². The monoisotopic (exact) mass is 664 g/mol.